The average molecular weight is 301 g/mol. The maximum Gasteiger partial charge on any atom is 0.220 e. The van der Waals surface area contributed by atoms with E-state index >= 15 is 0 Å². The molecule has 5 heteroatoms. The van der Waals surface area contributed by atoms with E-state index in [9.17, 15) is 4.79 Å². The SMILES string of the molecule is COc1cccc(C(C)CC(=O)NCCCCN)c1.Cl. The second-order valence-corrected chi connectivity index (χ2v) is 4.73. The van der Waals surface area contributed by atoms with Crippen LogP contribution in [0.3, 0.4) is 0 Å². The minimum absolute atomic E-state index is 0. The van der Waals surface area contributed by atoms with Crippen molar-refractivity contribution in [2.75, 3.05) is 20.2 Å². The van der Waals surface area contributed by atoms with Gasteiger partial charge in [-0.3, -0.25) is 4.79 Å². The largest absolute Gasteiger partial charge is 0.497 e. The van der Waals surface area contributed by atoms with E-state index in [0.717, 1.165) is 24.2 Å². The molecule has 0 saturated carbocycles. The lowest BCUT2D eigenvalue weighted by molar-refractivity contribution is -0.121. The molecule has 1 aromatic carbocycles. The number of nitrogens with one attached hydrogen (secondary N) is 1. The summed E-state index contributed by atoms with van der Waals surface area (Å²) in [5.74, 6) is 1.10. The second kappa shape index (κ2) is 10.5. The number of amides is 1. The lowest BCUT2D eigenvalue weighted by atomic mass is 9.97. The summed E-state index contributed by atoms with van der Waals surface area (Å²) in [6, 6.07) is 7.86. The number of carbonyl (C=O) groups excluding carboxylic acids is 1. The van der Waals surface area contributed by atoms with Crippen LogP contribution in [0, 0.1) is 0 Å². The van der Waals surface area contributed by atoms with Crippen molar-refractivity contribution < 1.29 is 9.53 Å². The van der Waals surface area contributed by atoms with Crippen LogP contribution in [0.2, 0.25) is 0 Å². The van der Waals surface area contributed by atoms with Crippen molar-refractivity contribution >= 4 is 18.3 Å². The topological polar surface area (TPSA) is 64.3 Å². The average Bonchev–Trinajstić information content (AvgIpc) is 2.43. The number of ether oxygens (including phenoxy) is 1. The Balaban J connectivity index is 0.00000361. The zero-order chi connectivity index (χ0) is 14.1. The summed E-state index contributed by atoms with van der Waals surface area (Å²) in [5.41, 5.74) is 6.53. The number of carbonyl (C=O) groups is 1. The van der Waals surface area contributed by atoms with E-state index in [1.165, 1.54) is 0 Å². The van der Waals surface area contributed by atoms with Gasteiger partial charge in [0.25, 0.3) is 0 Å². The number of rotatable bonds is 8. The molecular formula is C15H25ClN2O2. The predicted molar refractivity (Wildman–Crippen MR) is 84.6 cm³/mol. The maximum absolute atomic E-state index is 11.8. The number of halogens is 1. The van der Waals surface area contributed by atoms with Crippen LogP contribution in [-0.4, -0.2) is 26.1 Å². The molecule has 1 rings (SSSR count). The predicted octanol–water partition coefficient (Wildman–Crippen LogP) is 2.47. The highest BCUT2D eigenvalue weighted by atomic mass is 35.5. The van der Waals surface area contributed by atoms with Gasteiger partial charge in [-0.1, -0.05) is 19.1 Å². The zero-order valence-corrected chi connectivity index (χ0v) is 13.0. The fourth-order valence-corrected chi connectivity index (χ4v) is 1.91. The molecule has 20 heavy (non-hydrogen) atoms. The summed E-state index contributed by atoms with van der Waals surface area (Å²) in [6.07, 6.45) is 2.39. The van der Waals surface area contributed by atoms with Crippen LogP contribution in [0.25, 0.3) is 0 Å². The monoisotopic (exact) mass is 300 g/mol. The number of nitrogens with two attached hydrogens (primary N) is 1. The minimum atomic E-state index is 0. The van der Waals surface area contributed by atoms with E-state index in [-0.39, 0.29) is 24.2 Å². The van der Waals surface area contributed by atoms with Gasteiger partial charge in [-0.15, -0.1) is 12.4 Å². The minimum Gasteiger partial charge on any atom is -0.497 e. The molecule has 0 aliphatic heterocycles. The van der Waals surface area contributed by atoms with Crippen LogP contribution < -0.4 is 15.8 Å². The van der Waals surface area contributed by atoms with Crippen LogP contribution >= 0.6 is 12.4 Å². The summed E-state index contributed by atoms with van der Waals surface area (Å²) < 4.78 is 5.19. The number of benzene rings is 1. The van der Waals surface area contributed by atoms with Gasteiger partial charge in [-0.05, 0) is 43.0 Å². The first kappa shape index (κ1) is 18.7. The van der Waals surface area contributed by atoms with Gasteiger partial charge in [-0.2, -0.15) is 0 Å². The molecule has 0 aliphatic carbocycles. The first-order valence-electron chi connectivity index (χ1n) is 6.78. The summed E-state index contributed by atoms with van der Waals surface area (Å²) >= 11 is 0. The molecule has 0 fully saturated rings. The number of methoxy groups -OCH3 is 1. The fourth-order valence-electron chi connectivity index (χ4n) is 1.91. The summed E-state index contributed by atoms with van der Waals surface area (Å²) in [6.45, 7) is 3.44. The van der Waals surface area contributed by atoms with Crippen LogP contribution in [0.4, 0.5) is 0 Å². The molecule has 1 amide bonds. The molecular weight excluding hydrogens is 276 g/mol. The first-order chi connectivity index (χ1) is 9.17. The Morgan fingerprint density at radius 1 is 1.40 bits per heavy atom. The highest BCUT2D eigenvalue weighted by molar-refractivity contribution is 5.85. The standard InChI is InChI=1S/C15H24N2O2.ClH/c1-12(10-15(18)17-9-4-3-8-16)13-6-5-7-14(11-13)19-2;/h5-7,11-12H,3-4,8-10,16H2,1-2H3,(H,17,18);1H. The van der Waals surface area contributed by atoms with E-state index in [4.69, 9.17) is 10.5 Å². The van der Waals surface area contributed by atoms with Crippen LogP contribution in [-0.2, 0) is 4.79 Å². The van der Waals surface area contributed by atoms with Gasteiger partial charge in [0.2, 0.25) is 5.91 Å². The summed E-state index contributed by atoms with van der Waals surface area (Å²) in [5, 5.41) is 2.92. The lowest BCUT2D eigenvalue weighted by Crippen LogP contribution is -2.25. The zero-order valence-electron chi connectivity index (χ0n) is 12.2. The van der Waals surface area contributed by atoms with E-state index in [0.29, 0.717) is 19.5 Å². The Hall–Kier alpha value is -1.26. The molecule has 0 aliphatic rings. The van der Waals surface area contributed by atoms with Crippen molar-refractivity contribution in [2.45, 2.75) is 32.1 Å². The molecule has 0 heterocycles. The van der Waals surface area contributed by atoms with Gasteiger partial charge in [0.1, 0.15) is 5.75 Å². The van der Waals surface area contributed by atoms with Gasteiger partial charge < -0.3 is 15.8 Å². The normalized spacial score (nSPS) is 11.3. The Bertz CT molecular complexity index is 399. The highest BCUT2D eigenvalue weighted by Gasteiger charge is 2.11. The summed E-state index contributed by atoms with van der Waals surface area (Å²) in [4.78, 5) is 11.8. The number of hydrogen-bond donors (Lipinski definition) is 2. The third-order valence-corrected chi connectivity index (χ3v) is 3.11. The maximum atomic E-state index is 11.8. The van der Waals surface area contributed by atoms with E-state index < -0.39 is 0 Å². The highest BCUT2D eigenvalue weighted by Crippen LogP contribution is 2.22. The molecule has 0 saturated heterocycles. The van der Waals surface area contributed by atoms with Gasteiger partial charge in [-0.25, -0.2) is 0 Å². The van der Waals surface area contributed by atoms with Crippen molar-refractivity contribution in [3.8, 4) is 5.75 Å². The third-order valence-electron chi connectivity index (χ3n) is 3.11. The van der Waals surface area contributed by atoms with Gasteiger partial charge >= 0.3 is 0 Å². The number of hydrogen-bond acceptors (Lipinski definition) is 3. The van der Waals surface area contributed by atoms with E-state index in [2.05, 4.69) is 5.32 Å². The molecule has 0 radical (unpaired) electrons. The van der Waals surface area contributed by atoms with Crippen LogP contribution in [0.1, 0.15) is 37.7 Å². The molecule has 3 N–H and O–H groups in total. The van der Waals surface area contributed by atoms with Crippen LogP contribution in [0.15, 0.2) is 24.3 Å². The molecule has 114 valence electrons. The Kier molecular flexibility index (Phi) is 9.86. The first-order valence-corrected chi connectivity index (χ1v) is 6.78. The molecule has 1 unspecified atom stereocenters. The van der Waals surface area contributed by atoms with Gasteiger partial charge in [0.15, 0.2) is 0 Å². The van der Waals surface area contributed by atoms with Crippen molar-refractivity contribution in [3.63, 3.8) is 0 Å². The Morgan fingerprint density at radius 2 is 2.15 bits per heavy atom. The second-order valence-electron chi connectivity index (χ2n) is 4.73. The molecule has 1 atom stereocenters. The molecule has 0 bridgehead atoms. The third kappa shape index (κ3) is 6.78. The van der Waals surface area contributed by atoms with Crippen LogP contribution in [0.5, 0.6) is 5.75 Å². The van der Waals surface area contributed by atoms with Crippen molar-refractivity contribution in [2.24, 2.45) is 5.73 Å². The molecule has 4 nitrogen and oxygen atoms in total. The van der Waals surface area contributed by atoms with Crippen molar-refractivity contribution in [3.05, 3.63) is 29.8 Å². The molecule has 0 spiro atoms. The van der Waals surface area contributed by atoms with E-state index in [1.807, 2.05) is 31.2 Å². The van der Waals surface area contributed by atoms with E-state index in [1.54, 1.807) is 7.11 Å². The Morgan fingerprint density at radius 3 is 2.80 bits per heavy atom. The molecule has 0 aromatic heterocycles. The molecule has 1 aromatic rings. The Labute approximate surface area is 127 Å². The van der Waals surface area contributed by atoms with Crippen molar-refractivity contribution in [1.29, 1.82) is 0 Å². The quantitative estimate of drug-likeness (QED) is 0.725. The lowest BCUT2D eigenvalue weighted by Gasteiger charge is -2.13. The van der Waals surface area contributed by atoms with Crippen molar-refractivity contribution in [1.82, 2.24) is 5.32 Å². The summed E-state index contributed by atoms with van der Waals surface area (Å²) in [7, 11) is 1.65. The smallest absolute Gasteiger partial charge is 0.220 e. The number of unbranched alkanes of at least 4 members (excludes halogenated alkanes) is 1. The fraction of sp³-hybridized carbons (Fsp3) is 0.533. The van der Waals surface area contributed by atoms with Gasteiger partial charge in [0, 0.05) is 13.0 Å². The van der Waals surface area contributed by atoms with Gasteiger partial charge in [0.05, 0.1) is 7.11 Å².